The molecule has 42 heavy (non-hydrogen) atoms. The maximum atomic E-state index is 11.7. The topological polar surface area (TPSA) is 111 Å². The van der Waals surface area contributed by atoms with Gasteiger partial charge in [-0.2, -0.15) is 0 Å². The molecule has 0 radical (unpaired) electrons. The minimum atomic E-state index is -1.03. The predicted octanol–water partition coefficient (Wildman–Crippen LogP) is 5.36. The van der Waals surface area contributed by atoms with Crippen LogP contribution in [0.15, 0.2) is 103 Å². The maximum Gasteiger partial charge on any atom is 0.341 e. The molecule has 0 aliphatic carbocycles. The molecule has 218 valence electrons. The van der Waals surface area contributed by atoms with Crippen molar-refractivity contribution in [2.45, 2.75) is 18.9 Å². The van der Waals surface area contributed by atoms with Crippen molar-refractivity contribution in [1.82, 2.24) is 4.90 Å². The zero-order valence-corrected chi connectivity index (χ0v) is 23.6. The number of benzene rings is 4. The van der Waals surface area contributed by atoms with E-state index in [1.165, 1.54) is 11.1 Å². The molecule has 4 aromatic rings. The van der Waals surface area contributed by atoms with Gasteiger partial charge in [-0.15, -0.1) is 0 Å². The summed E-state index contributed by atoms with van der Waals surface area (Å²) in [6, 6.07) is 33.2. The molecule has 8 heteroatoms. The normalized spacial score (nSPS) is 10.9. The van der Waals surface area contributed by atoms with E-state index in [9.17, 15) is 9.59 Å². The Bertz CT molecular complexity index is 1410. The van der Waals surface area contributed by atoms with Crippen LogP contribution in [0.3, 0.4) is 0 Å². The lowest BCUT2D eigenvalue weighted by molar-refractivity contribution is -0.139. The fourth-order valence-corrected chi connectivity index (χ4v) is 4.84. The third-order valence-electron chi connectivity index (χ3n) is 6.89. The van der Waals surface area contributed by atoms with Gasteiger partial charge in [-0.05, 0) is 41.8 Å². The van der Waals surface area contributed by atoms with Crippen LogP contribution in [0, 0.1) is 0 Å². The van der Waals surface area contributed by atoms with E-state index < -0.39 is 18.5 Å². The number of aliphatic carboxylic acids is 1. The Kier molecular flexibility index (Phi) is 10.9. The van der Waals surface area contributed by atoms with Crippen LogP contribution in [0.5, 0.6) is 17.2 Å². The van der Waals surface area contributed by atoms with Gasteiger partial charge in [0, 0.05) is 36.7 Å². The Balaban J connectivity index is 1.55. The second-order valence-electron chi connectivity index (χ2n) is 9.83. The van der Waals surface area contributed by atoms with E-state index in [0.29, 0.717) is 55.5 Å². The molecule has 0 aliphatic heterocycles. The van der Waals surface area contributed by atoms with E-state index in [2.05, 4.69) is 29.2 Å². The van der Waals surface area contributed by atoms with E-state index in [1.807, 2.05) is 54.6 Å². The number of methoxy groups -OCH3 is 1. The molecule has 0 saturated heterocycles. The number of carbonyl (C=O) groups excluding carboxylic acids is 1. The van der Waals surface area contributed by atoms with Crippen molar-refractivity contribution < 1.29 is 28.9 Å². The zero-order chi connectivity index (χ0) is 29.7. The van der Waals surface area contributed by atoms with Crippen LogP contribution < -0.4 is 19.9 Å². The standard InChI is InChI=1S/C34H36N2O6/c1-40-31-18-17-27(34(35)39)21-32(31)41-20-10-19-36(22-28-15-8-9-16-30(28)42-24-33(37)38)23-29(25-11-4-2-5-12-25)26-13-6-3-7-14-26/h2-9,11-18,21,29H,10,19-20,22-24H2,1H3,(H2,35,39)(H,37,38). The summed E-state index contributed by atoms with van der Waals surface area (Å²) in [5.74, 6) is 0.0693. The minimum absolute atomic E-state index is 0.104. The first kappa shape index (κ1) is 30.1. The third kappa shape index (κ3) is 8.59. The van der Waals surface area contributed by atoms with Gasteiger partial charge >= 0.3 is 5.97 Å². The van der Waals surface area contributed by atoms with Crippen LogP contribution in [0.4, 0.5) is 0 Å². The van der Waals surface area contributed by atoms with Gasteiger partial charge in [0.1, 0.15) is 5.75 Å². The molecule has 1 amide bonds. The second kappa shape index (κ2) is 15.3. The quantitative estimate of drug-likeness (QED) is 0.175. The molecule has 0 spiro atoms. The fourth-order valence-electron chi connectivity index (χ4n) is 4.84. The van der Waals surface area contributed by atoms with Crippen molar-refractivity contribution in [2.24, 2.45) is 5.73 Å². The third-order valence-corrected chi connectivity index (χ3v) is 6.89. The highest BCUT2D eigenvalue weighted by atomic mass is 16.5. The maximum absolute atomic E-state index is 11.7. The molecule has 4 aromatic carbocycles. The fraction of sp³-hybridized carbons (Fsp3) is 0.235. The van der Waals surface area contributed by atoms with Crippen molar-refractivity contribution in [3.8, 4) is 17.2 Å². The Hall–Kier alpha value is -4.82. The number of hydrogen-bond acceptors (Lipinski definition) is 6. The summed E-state index contributed by atoms with van der Waals surface area (Å²) >= 11 is 0. The van der Waals surface area contributed by atoms with Gasteiger partial charge < -0.3 is 25.1 Å². The first-order chi connectivity index (χ1) is 20.4. The summed E-state index contributed by atoms with van der Waals surface area (Å²) in [4.78, 5) is 25.2. The van der Waals surface area contributed by atoms with Crippen LogP contribution in [-0.4, -0.2) is 55.3 Å². The molecule has 0 bridgehead atoms. The molecule has 0 aliphatic rings. The summed E-state index contributed by atoms with van der Waals surface area (Å²) in [6.07, 6.45) is 0.679. The van der Waals surface area contributed by atoms with Gasteiger partial charge in [0.25, 0.3) is 0 Å². The molecule has 8 nitrogen and oxygen atoms in total. The Morgan fingerprint density at radius 2 is 1.45 bits per heavy atom. The summed E-state index contributed by atoms with van der Waals surface area (Å²) in [5.41, 5.74) is 9.10. The number of rotatable bonds is 16. The lowest BCUT2D eigenvalue weighted by Crippen LogP contribution is -2.31. The number of carboxylic acid groups (broad SMARTS) is 1. The summed E-state index contributed by atoms with van der Waals surface area (Å²) in [7, 11) is 1.55. The highest BCUT2D eigenvalue weighted by Gasteiger charge is 2.20. The first-order valence-electron chi connectivity index (χ1n) is 13.8. The van der Waals surface area contributed by atoms with Gasteiger partial charge in [0.05, 0.1) is 13.7 Å². The van der Waals surface area contributed by atoms with Crippen LogP contribution >= 0.6 is 0 Å². The highest BCUT2D eigenvalue weighted by molar-refractivity contribution is 5.93. The number of para-hydroxylation sites is 1. The van der Waals surface area contributed by atoms with Crippen LogP contribution in [0.1, 0.15) is 39.4 Å². The van der Waals surface area contributed by atoms with Gasteiger partial charge in [-0.1, -0.05) is 78.9 Å². The number of hydrogen-bond donors (Lipinski definition) is 2. The summed E-state index contributed by atoms with van der Waals surface area (Å²) < 4.78 is 17.0. The van der Waals surface area contributed by atoms with Crippen LogP contribution in [0.2, 0.25) is 0 Å². The molecule has 3 N–H and O–H groups in total. The van der Waals surface area contributed by atoms with Crippen LogP contribution in [-0.2, 0) is 11.3 Å². The van der Waals surface area contributed by atoms with E-state index in [4.69, 9.17) is 25.1 Å². The molecule has 0 fully saturated rings. The molecule has 0 unspecified atom stereocenters. The van der Waals surface area contributed by atoms with E-state index in [0.717, 1.165) is 5.56 Å². The Labute approximate surface area is 246 Å². The van der Waals surface area contributed by atoms with Crippen molar-refractivity contribution in [2.75, 3.05) is 33.4 Å². The number of ether oxygens (including phenoxy) is 3. The predicted molar refractivity (Wildman–Crippen MR) is 161 cm³/mol. The smallest absolute Gasteiger partial charge is 0.341 e. The van der Waals surface area contributed by atoms with Gasteiger partial charge in [-0.3, -0.25) is 9.69 Å². The van der Waals surface area contributed by atoms with E-state index in [-0.39, 0.29) is 5.92 Å². The van der Waals surface area contributed by atoms with Crippen molar-refractivity contribution in [3.05, 3.63) is 125 Å². The highest BCUT2D eigenvalue weighted by Crippen LogP contribution is 2.30. The average Bonchev–Trinajstić information content (AvgIpc) is 3.01. The molecule has 0 atom stereocenters. The average molecular weight is 569 g/mol. The Morgan fingerprint density at radius 1 is 0.810 bits per heavy atom. The lowest BCUT2D eigenvalue weighted by Gasteiger charge is -2.29. The van der Waals surface area contributed by atoms with Crippen LogP contribution in [0.25, 0.3) is 0 Å². The lowest BCUT2D eigenvalue weighted by atomic mass is 9.90. The van der Waals surface area contributed by atoms with E-state index >= 15 is 0 Å². The largest absolute Gasteiger partial charge is 0.493 e. The van der Waals surface area contributed by atoms with Crippen molar-refractivity contribution in [1.29, 1.82) is 0 Å². The Morgan fingerprint density at radius 3 is 2.07 bits per heavy atom. The number of nitrogens with two attached hydrogens (primary N) is 1. The second-order valence-corrected chi connectivity index (χ2v) is 9.83. The molecule has 0 heterocycles. The van der Waals surface area contributed by atoms with Crippen molar-refractivity contribution >= 4 is 11.9 Å². The summed E-state index contributed by atoms with van der Waals surface area (Å²) in [5, 5.41) is 9.16. The number of carbonyl (C=O) groups is 2. The number of carboxylic acids is 1. The van der Waals surface area contributed by atoms with Gasteiger partial charge in [0.15, 0.2) is 18.1 Å². The summed E-state index contributed by atoms with van der Waals surface area (Å²) in [6.45, 7) is 1.91. The minimum Gasteiger partial charge on any atom is -0.493 e. The molecule has 0 saturated carbocycles. The zero-order valence-electron chi connectivity index (χ0n) is 23.6. The molecule has 4 rings (SSSR count). The van der Waals surface area contributed by atoms with Gasteiger partial charge in [-0.25, -0.2) is 4.79 Å². The van der Waals surface area contributed by atoms with Gasteiger partial charge in [0.2, 0.25) is 5.91 Å². The number of primary amides is 1. The number of nitrogens with zero attached hydrogens (tertiary/aromatic N) is 1. The SMILES string of the molecule is COc1ccc(C(N)=O)cc1OCCCN(Cc1ccccc1OCC(=O)O)CC(c1ccccc1)c1ccccc1. The first-order valence-corrected chi connectivity index (χ1v) is 13.8. The monoisotopic (exact) mass is 568 g/mol. The number of amides is 1. The van der Waals surface area contributed by atoms with Crippen molar-refractivity contribution in [3.63, 3.8) is 0 Å². The molecular weight excluding hydrogens is 532 g/mol. The van der Waals surface area contributed by atoms with E-state index in [1.54, 1.807) is 31.4 Å². The molecular formula is C34H36N2O6. The molecule has 0 aromatic heterocycles.